The number of ether oxygens (including phenoxy) is 4. The van der Waals surface area contributed by atoms with Crippen LogP contribution < -0.4 is 10.1 Å². The molecule has 5 unspecified atom stereocenters. The summed E-state index contributed by atoms with van der Waals surface area (Å²) in [5.74, 6) is -2.28. The largest absolute Gasteiger partial charge is 0.495 e. The zero-order valence-electron chi connectivity index (χ0n) is 25.3. The predicted molar refractivity (Wildman–Crippen MR) is 164 cm³/mol. The number of amides is 1. The van der Waals surface area contributed by atoms with Gasteiger partial charge in [-0.1, -0.05) is 60.7 Å². The van der Waals surface area contributed by atoms with Gasteiger partial charge in [0.15, 0.2) is 6.10 Å². The number of epoxide rings is 1. The zero-order valence-corrected chi connectivity index (χ0v) is 26.1. The number of esters is 2. The van der Waals surface area contributed by atoms with Crippen molar-refractivity contribution < 1.29 is 38.1 Å². The number of hydrogen-bond acceptors (Lipinski definition) is 8. The first kappa shape index (κ1) is 33.0. The lowest BCUT2D eigenvalue weighted by atomic mass is 9.90. The SMILES string of the molecule is C=C(C1C=CCC(=O)CC(Cc2ccc(OC)c(Cl)c2)C(=O)NCC(C)(C)C(=O)OC(C)C(=O)O1)C1OC1c1ccccc1. The molecule has 4 rings (SSSR count). The Bertz CT molecular complexity index is 1440. The van der Waals surface area contributed by atoms with E-state index in [0.717, 1.165) is 11.1 Å². The third-order valence-corrected chi connectivity index (χ3v) is 7.96. The average molecular weight is 624 g/mol. The first-order valence-corrected chi connectivity index (χ1v) is 14.9. The molecule has 2 aliphatic rings. The van der Waals surface area contributed by atoms with Crippen LogP contribution in [0.3, 0.4) is 0 Å². The number of carbonyl (C=O) groups excluding carboxylic acids is 4. The van der Waals surface area contributed by atoms with E-state index in [0.29, 0.717) is 16.3 Å². The zero-order chi connectivity index (χ0) is 32.0. The lowest BCUT2D eigenvalue weighted by molar-refractivity contribution is -0.173. The van der Waals surface area contributed by atoms with Crippen molar-refractivity contribution in [3.05, 3.63) is 89.0 Å². The Kier molecular flexibility index (Phi) is 10.7. The van der Waals surface area contributed by atoms with E-state index in [1.165, 1.54) is 14.0 Å². The molecular weight excluding hydrogens is 586 g/mol. The summed E-state index contributed by atoms with van der Waals surface area (Å²) in [6.07, 6.45) is 0.546. The number of cyclic esters (lactones) is 2. The van der Waals surface area contributed by atoms with Crippen LogP contribution in [0.1, 0.15) is 50.8 Å². The van der Waals surface area contributed by atoms with Crippen LogP contribution in [0.25, 0.3) is 0 Å². The maximum atomic E-state index is 13.4. The predicted octanol–water partition coefficient (Wildman–Crippen LogP) is 5.11. The summed E-state index contributed by atoms with van der Waals surface area (Å²) in [6, 6.07) is 14.8. The number of hydrogen-bond donors (Lipinski definition) is 1. The highest BCUT2D eigenvalue weighted by Crippen LogP contribution is 2.44. The van der Waals surface area contributed by atoms with Gasteiger partial charge in [0, 0.05) is 25.3 Å². The second kappa shape index (κ2) is 14.2. The van der Waals surface area contributed by atoms with Crippen molar-refractivity contribution in [2.75, 3.05) is 13.7 Å². The fourth-order valence-electron chi connectivity index (χ4n) is 4.86. The molecule has 44 heavy (non-hydrogen) atoms. The minimum atomic E-state index is -1.23. The number of allylic oxidation sites excluding steroid dienone is 1. The molecule has 0 aromatic heterocycles. The van der Waals surface area contributed by atoms with Gasteiger partial charge in [0.05, 0.1) is 17.5 Å². The van der Waals surface area contributed by atoms with E-state index in [9.17, 15) is 19.2 Å². The third kappa shape index (κ3) is 8.36. The minimum absolute atomic E-state index is 0.00184. The van der Waals surface area contributed by atoms with Crippen molar-refractivity contribution in [3.63, 3.8) is 0 Å². The Hall–Kier alpha value is -3.95. The summed E-state index contributed by atoms with van der Waals surface area (Å²) in [4.78, 5) is 52.5. The number of methoxy groups -OCH3 is 1. The van der Waals surface area contributed by atoms with E-state index in [4.69, 9.17) is 30.5 Å². The Labute approximate surface area is 262 Å². The van der Waals surface area contributed by atoms with Crippen LogP contribution in [0, 0.1) is 11.3 Å². The van der Waals surface area contributed by atoms with E-state index in [1.807, 2.05) is 30.3 Å². The number of benzene rings is 2. The van der Waals surface area contributed by atoms with Crippen LogP contribution in [0.2, 0.25) is 5.02 Å². The van der Waals surface area contributed by atoms with Crippen LogP contribution >= 0.6 is 11.6 Å². The number of halogens is 1. The molecule has 1 saturated heterocycles. The number of Topliss-reactive ketones (excluding diaryl/α,β-unsaturated/α-hetero) is 1. The molecular formula is C34H38ClNO8. The normalized spacial score (nSPS) is 26.2. The van der Waals surface area contributed by atoms with Gasteiger partial charge in [0.25, 0.3) is 0 Å². The van der Waals surface area contributed by atoms with Gasteiger partial charge < -0.3 is 24.3 Å². The molecule has 0 aliphatic carbocycles. The second-order valence-corrected chi connectivity index (χ2v) is 12.1. The van der Waals surface area contributed by atoms with Gasteiger partial charge >= 0.3 is 11.9 Å². The highest BCUT2D eigenvalue weighted by molar-refractivity contribution is 6.32. The molecule has 2 aromatic rings. The number of ketones is 1. The quantitative estimate of drug-likeness (QED) is 0.268. The lowest BCUT2D eigenvalue weighted by Crippen LogP contribution is -2.44. The van der Waals surface area contributed by atoms with E-state index in [1.54, 1.807) is 44.2 Å². The minimum Gasteiger partial charge on any atom is -0.495 e. The fraction of sp³-hybridized carbons (Fsp3) is 0.412. The van der Waals surface area contributed by atoms with Crippen LogP contribution in [0.5, 0.6) is 5.75 Å². The number of rotatable bonds is 6. The fourth-order valence-corrected chi connectivity index (χ4v) is 5.15. The number of carbonyl (C=O) groups is 4. The summed E-state index contributed by atoms with van der Waals surface area (Å²) in [6.45, 7) is 8.68. The molecule has 0 radical (unpaired) electrons. The van der Waals surface area contributed by atoms with Gasteiger partial charge in [0.1, 0.15) is 29.8 Å². The Balaban J connectivity index is 1.56. The molecule has 0 bridgehead atoms. The molecule has 1 fully saturated rings. The van der Waals surface area contributed by atoms with E-state index in [-0.39, 0.29) is 37.7 Å². The van der Waals surface area contributed by atoms with E-state index < -0.39 is 47.5 Å². The van der Waals surface area contributed by atoms with Crippen LogP contribution in [-0.2, 0) is 39.8 Å². The van der Waals surface area contributed by atoms with Crippen LogP contribution in [0.15, 0.2) is 72.8 Å². The van der Waals surface area contributed by atoms with E-state index >= 15 is 0 Å². The molecule has 10 heteroatoms. The summed E-state index contributed by atoms with van der Waals surface area (Å²) in [7, 11) is 1.51. The number of nitrogens with one attached hydrogen (secondary N) is 1. The molecule has 2 aliphatic heterocycles. The lowest BCUT2D eigenvalue weighted by Gasteiger charge is -2.27. The van der Waals surface area contributed by atoms with Crippen molar-refractivity contribution in [2.45, 2.75) is 64.4 Å². The monoisotopic (exact) mass is 623 g/mol. The van der Waals surface area contributed by atoms with Crippen molar-refractivity contribution >= 4 is 35.2 Å². The molecule has 1 amide bonds. The van der Waals surface area contributed by atoms with Gasteiger partial charge in [0.2, 0.25) is 5.91 Å². The average Bonchev–Trinajstić information content (AvgIpc) is 3.80. The summed E-state index contributed by atoms with van der Waals surface area (Å²) in [5.41, 5.74) is 1.03. The molecule has 5 atom stereocenters. The standard InChI is InChI=1S/C34H38ClNO8/c1-20(29-30(44-29)23-10-7-6-8-11-23)27-13-9-12-25(37)18-24(16-22-14-15-28(41-5)26(35)17-22)31(38)36-19-34(3,4)33(40)42-21(2)32(39)43-27/h6-11,13-15,17,21,24,27,29-30H,1,12,16,18-19H2,2-5H3,(H,36,38). The van der Waals surface area contributed by atoms with Crippen molar-refractivity contribution in [1.29, 1.82) is 0 Å². The Morgan fingerprint density at radius 3 is 2.50 bits per heavy atom. The maximum Gasteiger partial charge on any atom is 0.348 e. The van der Waals surface area contributed by atoms with Gasteiger partial charge in [-0.3, -0.25) is 14.4 Å². The summed E-state index contributed by atoms with van der Waals surface area (Å²) < 4.78 is 22.2. The van der Waals surface area contributed by atoms with Gasteiger partial charge in [-0.05, 0) is 62.1 Å². The molecule has 0 spiro atoms. The molecule has 234 valence electrons. The molecule has 2 heterocycles. The van der Waals surface area contributed by atoms with Crippen molar-refractivity contribution in [3.8, 4) is 5.75 Å². The van der Waals surface area contributed by atoms with Gasteiger partial charge in [-0.15, -0.1) is 0 Å². The highest BCUT2D eigenvalue weighted by Gasteiger charge is 2.45. The Morgan fingerprint density at radius 1 is 1.09 bits per heavy atom. The van der Waals surface area contributed by atoms with E-state index in [2.05, 4.69) is 11.9 Å². The summed E-state index contributed by atoms with van der Waals surface area (Å²) in [5, 5.41) is 3.18. The first-order valence-electron chi connectivity index (χ1n) is 14.5. The van der Waals surface area contributed by atoms with Gasteiger partial charge in [-0.25, -0.2) is 4.79 Å². The van der Waals surface area contributed by atoms with Crippen molar-refractivity contribution in [1.82, 2.24) is 5.32 Å². The smallest absolute Gasteiger partial charge is 0.348 e. The third-order valence-electron chi connectivity index (χ3n) is 7.67. The highest BCUT2D eigenvalue weighted by atomic mass is 35.5. The maximum absolute atomic E-state index is 13.4. The molecule has 9 nitrogen and oxygen atoms in total. The van der Waals surface area contributed by atoms with Crippen molar-refractivity contribution in [2.24, 2.45) is 11.3 Å². The van der Waals surface area contributed by atoms with Gasteiger partial charge in [-0.2, -0.15) is 0 Å². The topological polar surface area (TPSA) is 121 Å². The van der Waals surface area contributed by atoms with Crippen LogP contribution in [0.4, 0.5) is 0 Å². The summed E-state index contributed by atoms with van der Waals surface area (Å²) >= 11 is 6.30. The molecule has 1 N–H and O–H groups in total. The molecule has 2 aromatic carbocycles. The Morgan fingerprint density at radius 2 is 1.82 bits per heavy atom. The molecule has 0 saturated carbocycles. The first-order chi connectivity index (χ1) is 20.9. The second-order valence-electron chi connectivity index (χ2n) is 11.7. The van der Waals surface area contributed by atoms with Crippen LogP contribution in [-0.4, -0.2) is 55.6 Å².